The normalized spacial score (nSPS) is 22.7. The molecule has 0 aromatic carbocycles. The van der Waals surface area contributed by atoms with Crippen LogP contribution < -0.4 is 5.32 Å². The summed E-state index contributed by atoms with van der Waals surface area (Å²) in [6, 6.07) is 0. The molecule has 1 saturated carbocycles. The van der Waals surface area contributed by atoms with E-state index in [1.165, 1.54) is 0 Å². The minimum atomic E-state index is -0.440. The summed E-state index contributed by atoms with van der Waals surface area (Å²) in [6.45, 7) is 10.4. The number of unbranched alkanes of at least 4 members (excludes halogenated alkanes) is 3. The summed E-state index contributed by atoms with van der Waals surface area (Å²) >= 11 is 0. The average Bonchev–Trinajstić information content (AvgIpc) is 3.10. The van der Waals surface area contributed by atoms with Crippen molar-refractivity contribution in [1.29, 1.82) is 0 Å². The molecule has 2 unspecified atom stereocenters. The fourth-order valence-corrected chi connectivity index (χ4v) is 5.27. The maximum Gasteiger partial charge on any atom is 0.342 e. The van der Waals surface area contributed by atoms with Gasteiger partial charge in [-0.1, -0.05) is 59.8 Å². The van der Waals surface area contributed by atoms with Gasteiger partial charge in [-0.25, -0.2) is 4.79 Å². The van der Waals surface area contributed by atoms with E-state index in [4.69, 9.17) is 4.74 Å². The number of rotatable bonds is 13. The van der Waals surface area contributed by atoms with Crippen LogP contribution in [0.25, 0.3) is 0 Å². The van der Waals surface area contributed by atoms with Crippen LogP contribution in [0, 0.1) is 24.7 Å². The third-order valence-corrected chi connectivity index (χ3v) is 7.07. The zero-order chi connectivity index (χ0) is 24.4. The van der Waals surface area contributed by atoms with Crippen molar-refractivity contribution in [3.8, 4) is 0 Å². The molecular weight excluding hydrogens is 416 g/mol. The summed E-state index contributed by atoms with van der Waals surface area (Å²) < 4.78 is 6.26. The first-order chi connectivity index (χ1) is 15.9. The smallest absolute Gasteiger partial charge is 0.342 e. The Labute approximate surface area is 199 Å². The first kappa shape index (κ1) is 27.1. The first-order valence-corrected chi connectivity index (χ1v) is 13.0. The van der Waals surface area contributed by atoms with Gasteiger partial charge in [-0.15, -0.1) is 0 Å². The fraction of sp³-hybridized carbons (Fsp3) is 0.741. The zero-order valence-corrected chi connectivity index (χ0v) is 21.3. The van der Waals surface area contributed by atoms with Crippen LogP contribution in [-0.2, 0) is 9.53 Å². The molecule has 6 nitrogen and oxygen atoms in total. The van der Waals surface area contributed by atoms with Gasteiger partial charge in [-0.3, -0.25) is 9.59 Å². The molecule has 1 aliphatic rings. The number of ether oxygens (including phenoxy) is 1. The molecular formula is C27H44N2O4. The lowest BCUT2D eigenvalue weighted by Gasteiger charge is -2.41. The number of aldehydes is 1. The molecule has 1 aromatic rings. The lowest BCUT2D eigenvalue weighted by molar-refractivity contribution is -0.116. The molecule has 2 atom stereocenters. The van der Waals surface area contributed by atoms with Crippen molar-refractivity contribution in [2.75, 3.05) is 5.32 Å². The van der Waals surface area contributed by atoms with Crippen molar-refractivity contribution in [2.24, 2.45) is 17.8 Å². The third-order valence-electron chi connectivity index (χ3n) is 7.07. The molecule has 1 amide bonds. The van der Waals surface area contributed by atoms with Gasteiger partial charge in [0.1, 0.15) is 17.5 Å². The number of aromatic nitrogens is 1. The molecule has 0 saturated heterocycles. The van der Waals surface area contributed by atoms with Crippen LogP contribution in [-0.4, -0.2) is 29.3 Å². The van der Waals surface area contributed by atoms with E-state index < -0.39 is 5.97 Å². The summed E-state index contributed by atoms with van der Waals surface area (Å²) in [6.07, 6.45) is 11.4. The van der Waals surface area contributed by atoms with Crippen molar-refractivity contribution < 1.29 is 19.1 Å². The maximum absolute atomic E-state index is 13.5. The van der Waals surface area contributed by atoms with Crippen LogP contribution >= 0.6 is 0 Å². The Hall–Kier alpha value is -2.11. The molecule has 0 bridgehead atoms. The summed E-state index contributed by atoms with van der Waals surface area (Å²) in [5.41, 5.74) is 1.11. The maximum atomic E-state index is 13.5. The number of H-pyrrole nitrogens is 1. The highest BCUT2D eigenvalue weighted by molar-refractivity contribution is 6.03. The summed E-state index contributed by atoms with van der Waals surface area (Å²) in [5, 5.41) is 2.80. The van der Waals surface area contributed by atoms with Gasteiger partial charge in [0.05, 0.1) is 5.69 Å². The lowest BCUT2D eigenvalue weighted by atomic mass is 9.70. The Morgan fingerprint density at radius 2 is 1.61 bits per heavy atom. The molecule has 33 heavy (non-hydrogen) atoms. The predicted molar refractivity (Wildman–Crippen MR) is 133 cm³/mol. The number of anilines is 1. The number of nitrogens with one attached hydrogen (secondary N) is 2. The van der Waals surface area contributed by atoms with Crippen LogP contribution in [0.3, 0.4) is 0 Å². The largest absolute Gasteiger partial charge is 0.458 e. The number of amides is 1. The second kappa shape index (κ2) is 13.6. The number of carbonyl (C=O) groups is 3. The third kappa shape index (κ3) is 7.44. The molecule has 1 aromatic heterocycles. The van der Waals surface area contributed by atoms with Crippen molar-refractivity contribution >= 4 is 24.0 Å². The SMILES string of the molecule is CCCCC(=O)Nc1[nH]c(C=O)c(C)c1C(=O)OC1C(CCCC)CC(C)CC1CCCC. The Bertz CT molecular complexity index is 767. The van der Waals surface area contributed by atoms with Crippen molar-refractivity contribution in [1.82, 2.24) is 4.98 Å². The quantitative estimate of drug-likeness (QED) is 0.249. The Kier molecular flexibility index (Phi) is 11.2. The van der Waals surface area contributed by atoms with E-state index >= 15 is 0 Å². The van der Waals surface area contributed by atoms with Gasteiger partial charge in [0.25, 0.3) is 0 Å². The fourth-order valence-electron chi connectivity index (χ4n) is 5.27. The molecule has 2 N–H and O–H groups in total. The van der Waals surface area contributed by atoms with Crippen LogP contribution in [0.4, 0.5) is 5.82 Å². The molecule has 186 valence electrons. The van der Waals surface area contributed by atoms with E-state index in [2.05, 4.69) is 31.1 Å². The van der Waals surface area contributed by atoms with Crippen molar-refractivity contribution in [3.63, 3.8) is 0 Å². The minimum Gasteiger partial charge on any atom is -0.458 e. The van der Waals surface area contributed by atoms with Gasteiger partial charge < -0.3 is 15.0 Å². The molecule has 2 rings (SSSR count). The standard InChI is InChI=1S/C27H44N2O4/c1-6-9-12-20-15-18(4)16-21(13-10-7-2)25(20)33-27(32)24-19(5)22(17-30)28-26(24)29-23(31)14-11-8-3/h17-18,20-21,25,28H,6-16H2,1-5H3,(H,29,31). The van der Waals surface area contributed by atoms with E-state index in [1.54, 1.807) is 6.92 Å². The van der Waals surface area contributed by atoms with Gasteiger partial charge >= 0.3 is 5.97 Å². The highest BCUT2D eigenvalue weighted by atomic mass is 16.5. The highest BCUT2D eigenvalue weighted by Crippen LogP contribution is 2.41. The van der Waals surface area contributed by atoms with Crippen LogP contribution in [0.1, 0.15) is 125 Å². The number of hydrogen-bond donors (Lipinski definition) is 2. The van der Waals surface area contributed by atoms with E-state index in [0.717, 1.165) is 64.2 Å². The minimum absolute atomic E-state index is 0.121. The number of carbonyl (C=O) groups excluding carboxylic acids is 3. The molecule has 0 spiro atoms. The van der Waals surface area contributed by atoms with Gasteiger partial charge in [0.2, 0.25) is 5.91 Å². The monoisotopic (exact) mass is 460 g/mol. The summed E-state index contributed by atoms with van der Waals surface area (Å²) in [5.74, 6) is 1.01. The summed E-state index contributed by atoms with van der Waals surface area (Å²) in [4.78, 5) is 40.3. The molecule has 1 aliphatic carbocycles. The lowest BCUT2D eigenvalue weighted by Crippen LogP contribution is -2.40. The second-order valence-electron chi connectivity index (χ2n) is 9.93. The Morgan fingerprint density at radius 1 is 1.03 bits per heavy atom. The van der Waals surface area contributed by atoms with Gasteiger partial charge in [0, 0.05) is 6.42 Å². The van der Waals surface area contributed by atoms with Gasteiger partial charge in [0.15, 0.2) is 6.29 Å². The molecule has 0 radical (unpaired) electrons. The van der Waals surface area contributed by atoms with Crippen LogP contribution in [0.5, 0.6) is 0 Å². The number of esters is 1. The first-order valence-electron chi connectivity index (χ1n) is 13.0. The summed E-state index contributed by atoms with van der Waals surface area (Å²) in [7, 11) is 0. The Balaban J connectivity index is 2.30. The average molecular weight is 461 g/mol. The topological polar surface area (TPSA) is 88.3 Å². The van der Waals surface area contributed by atoms with E-state index in [-0.39, 0.29) is 23.4 Å². The van der Waals surface area contributed by atoms with Gasteiger partial charge in [-0.05, 0) is 62.3 Å². The van der Waals surface area contributed by atoms with Crippen molar-refractivity contribution in [3.05, 3.63) is 16.8 Å². The van der Waals surface area contributed by atoms with Crippen LogP contribution in [0.15, 0.2) is 0 Å². The highest BCUT2D eigenvalue weighted by Gasteiger charge is 2.39. The number of aromatic amines is 1. The molecule has 1 heterocycles. The molecule has 6 heteroatoms. The number of hydrogen-bond acceptors (Lipinski definition) is 4. The van der Waals surface area contributed by atoms with Crippen LogP contribution in [0.2, 0.25) is 0 Å². The predicted octanol–water partition coefficient (Wildman–Crippen LogP) is 6.83. The Morgan fingerprint density at radius 3 is 2.12 bits per heavy atom. The van der Waals surface area contributed by atoms with E-state index in [9.17, 15) is 14.4 Å². The molecule has 1 fully saturated rings. The van der Waals surface area contributed by atoms with E-state index in [1.807, 2.05) is 6.92 Å². The van der Waals surface area contributed by atoms with E-state index in [0.29, 0.717) is 41.7 Å². The second-order valence-corrected chi connectivity index (χ2v) is 9.93. The van der Waals surface area contributed by atoms with Crippen molar-refractivity contribution in [2.45, 2.75) is 111 Å². The zero-order valence-electron chi connectivity index (χ0n) is 21.3. The molecule has 0 aliphatic heterocycles. The van der Waals surface area contributed by atoms with Gasteiger partial charge in [-0.2, -0.15) is 0 Å².